The summed E-state index contributed by atoms with van der Waals surface area (Å²) in [6.45, 7) is 11.9. The Balaban J connectivity index is -0.0000000728. The monoisotopic (exact) mass is 1090 g/mol. The van der Waals surface area contributed by atoms with Gasteiger partial charge in [-0.1, -0.05) is 119 Å². The van der Waals surface area contributed by atoms with E-state index in [-0.39, 0.29) is 56.0 Å². The molecule has 0 fully saturated rings. The standard InChI is InChI=1S/4C8H11N.4C3H4O4.2Cu.4H2O/c4*1-7-2-4-8(6-9)5-3-7;4*4-2(5)1-3(6)7;;;;;;/h4*2-5H,6,9H2,1H3;4*1H2,(H,4,5)(H,6,7);;;4*1H2/q;;;;;;;;2*+2;;;;/p-4. The summed E-state index contributed by atoms with van der Waals surface area (Å²) in [5.74, 6) is -13.0. The van der Waals surface area contributed by atoms with Gasteiger partial charge in [0, 0.05) is 95.7 Å². The zero-order valence-corrected chi connectivity index (χ0v) is 40.7. The topological polar surface area (TPSA) is 558 Å². The van der Waals surface area contributed by atoms with Gasteiger partial charge in [-0.05, 0) is 27.7 Å². The molecule has 0 aliphatic heterocycles. The number of quaternary nitrogens is 4. The Hall–Kier alpha value is -6.64. The molecule has 0 bridgehead atoms. The number of rotatable bonds is 12. The third kappa shape index (κ3) is 67.9. The molecule has 0 aliphatic rings. The number of carboxylic acids is 8. The second kappa shape index (κ2) is 55.0. The number of aliphatic carboxylic acids is 8. The number of hydrogen-bond acceptors (Lipinski definition) is 16. The van der Waals surface area contributed by atoms with Gasteiger partial charge in [0.05, 0.1) is 26.2 Å². The number of carboxylic acid groups (broad SMARTS) is 8. The summed E-state index contributed by atoms with van der Waals surface area (Å²) in [5, 5.41) is 74.2. The van der Waals surface area contributed by atoms with E-state index < -0.39 is 73.4 Å². The molecule has 0 atom stereocenters. The van der Waals surface area contributed by atoms with Crippen molar-refractivity contribution in [3.8, 4) is 0 Å². The zero-order chi connectivity index (χ0) is 50.2. The Morgan fingerprint density at radius 3 is 0.443 bits per heavy atom. The number of carbonyl (C=O) groups excluding carboxylic acids is 8. The number of carbonyl (C=O) groups is 8. The predicted molar refractivity (Wildman–Crippen MR) is 224 cm³/mol. The van der Waals surface area contributed by atoms with Crippen LogP contribution in [0.1, 0.15) is 70.2 Å². The van der Waals surface area contributed by atoms with E-state index in [1.54, 1.807) is 0 Å². The maximum absolute atomic E-state index is 9.28. The summed E-state index contributed by atoms with van der Waals surface area (Å²) in [5.41, 5.74) is 25.6. The molecule has 0 heterocycles. The molecule has 4 aromatic rings. The van der Waals surface area contributed by atoms with Crippen molar-refractivity contribution in [3.05, 3.63) is 142 Å². The van der Waals surface area contributed by atoms with Crippen molar-refractivity contribution in [1.82, 2.24) is 0 Å². The van der Waals surface area contributed by atoms with Crippen LogP contribution >= 0.6 is 0 Å². The third-order valence-electron chi connectivity index (χ3n) is 6.79. The Labute approximate surface area is 425 Å². The van der Waals surface area contributed by atoms with Crippen molar-refractivity contribution in [1.29, 1.82) is 0 Å². The van der Waals surface area contributed by atoms with Crippen LogP contribution in [0.15, 0.2) is 97.1 Å². The van der Waals surface area contributed by atoms with Crippen LogP contribution < -0.4 is 63.8 Å². The molecule has 26 heteroatoms. The van der Waals surface area contributed by atoms with Gasteiger partial charge in [-0.15, -0.1) is 0 Å². The fourth-order valence-corrected chi connectivity index (χ4v) is 3.49. The first-order valence-electron chi connectivity index (χ1n) is 18.8. The van der Waals surface area contributed by atoms with Gasteiger partial charge >= 0.3 is 34.1 Å². The summed E-state index contributed by atoms with van der Waals surface area (Å²) in [6.07, 6.45) is -4.11. The molecular formula is C44H64Cu2N4O20. The molecular weight excluding hydrogens is 1030 g/mol. The smallest absolute Gasteiger partial charge is 0.550 e. The number of aryl methyl sites for hydroxylation is 4. The van der Waals surface area contributed by atoms with Crippen molar-refractivity contribution in [2.45, 2.75) is 79.6 Å². The maximum atomic E-state index is 9.28. The van der Waals surface area contributed by atoms with Gasteiger partial charge in [0.1, 0.15) is 0 Å². The van der Waals surface area contributed by atoms with Crippen molar-refractivity contribution >= 4 is 47.8 Å². The van der Waals surface area contributed by atoms with Crippen LogP contribution in [0.3, 0.4) is 0 Å². The summed E-state index contributed by atoms with van der Waals surface area (Å²) in [6, 6.07) is 33.8. The molecule has 2 radical (unpaired) electrons. The normalized spacial score (nSPS) is 8.11. The molecule has 0 saturated carbocycles. The van der Waals surface area contributed by atoms with E-state index in [2.05, 4.69) is 148 Å². The summed E-state index contributed by atoms with van der Waals surface area (Å²) in [4.78, 5) is 74.2. The molecule has 20 N–H and O–H groups in total. The van der Waals surface area contributed by atoms with Gasteiger partial charge in [0.25, 0.3) is 0 Å². The first-order valence-corrected chi connectivity index (χ1v) is 18.8. The van der Waals surface area contributed by atoms with Gasteiger partial charge in [0.15, 0.2) is 0 Å². The second-order valence-electron chi connectivity index (χ2n) is 12.6. The van der Waals surface area contributed by atoms with E-state index in [0.29, 0.717) is 0 Å². The van der Waals surface area contributed by atoms with Gasteiger partial charge in [-0.3, -0.25) is 0 Å². The molecule has 70 heavy (non-hydrogen) atoms. The third-order valence-corrected chi connectivity index (χ3v) is 6.79. The SMILES string of the molecule is Cc1ccc(C[NH3+])cc1.Cc1ccc(C[NH3+])cc1.Cc1ccc(C[NH3+])cc1.Cc1ccc(C[NH3+])cc1.O.O.O.O.O=C([O-])CC(=O)[O-].O=C([O-])CC(=O)[O-].O=C([O-])CC(=O)[O-].O=C([O-])CC(=O)[O-].[Cu+2].[Cu+2]. The fraction of sp³-hybridized carbons (Fsp3) is 0.273. The fourth-order valence-electron chi connectivity index (χ4n) is 3.49. The van der Waals surface area contributed by atoms with Gasteiger partial charge in [0.2, 0.25) is 0 Å². The van der Waals surface area contributed by atoms with Crippen molar-refractivity contribution in [2.75, 3.05) is 0 Å². The van der Waals surface area contributed by atoms with Crippen molar-refractivity contribution in [2.24, 2.45) is 0 Å². The summed E-state index contributed by atoms with van der Waals surface area (Å²) < 4.78 is 0. The van der Waals surface area contributed by atoms with E-state index in [1.165, 1.54) is 44.5 Å². The van der Waals surface area contributed by atoms with E-state index in [9.17, 15) is 79.2 Å². The average Bonchev–Trinajstić information content (AvgIpc) is 3.19. The quantitative estimate of drug-likeness (QED) is 0.0756. The van der Waals surface area contributed by atoms with Gasteiger partial charge in [-0.25, -0.2) is 0 Å². The molecule has 24 nitrogen and oxygen atoms in total. The average molecular weight is 1100 g/mol. The molecule has 402 valence electrons. The molecule has 0 spiro atoms. The van der Waals surface area contributed by atoms with E-state index >= 15 is 0 Å². The van der Waals surface area contributed by atoms with E-state index in [4.69, 9.17) is 0 Å². The van der Waals surface area contributed by atoms with E-state index in [0.717, 1.165) is 26.2 Å². The predicted octanol–water partition coefficient (Wildman–Crippen LogP) is -12.9. The minimum atomic E-state index is -1.63. The minimum Gasteiger partial charge on any atom is -0.550 e. The van der Waals surface area contributed by atoms with Crippen LogP contribution in [0.25, 0.3) is 0 Å². The molecule has 0 aliphatic carbocycles. The van der Waals surface area contributed by atoms with Crippen LogP contribution in [0.2, 0.25) is 0 Å². The van der Waals surface area contributed by atoms with Crippen LogP contribution in [0.4, 0.5) is 0 Å². The van der Waals surface area contributed by atoms with Crippen LogP contribution in [-0.4, -0.2) is 69.7 Å². The zero-order valence-electron chi connectivity index (χ0n) is 38.9. The van der Waals surface area contributed by atoms with Gasteiger partial charge < -0.3 is 124 Å². The Bertz CT molecular complexity index is 1640. The summed E-state index contributed by atoms with van der Waals surface area (Å²) in [7, 11) is 0. The number of hydrogen-bond donors (Lipinski definition) is 4. The molecule has 4 rings (SSSR count). The Morgan fingerprint density at radius 1 is 0.286 bits per heavy atom. The molecule has 0 unspecified atom stereocenters. The second-order valence-corrected chi connectivity index (χ2v) is 12.6. The Kier molecular flexibility index (Phi) is 67.9. The van der Waals surface area contributed by atoms with Crippen molar-refractivity contribution in [3.63, 3.8) is 0 Å². The molecule has 4 aromatic carbocycles. The van der Waals surface area contributed by atoms with Crippen LogP contribution in [0, 0.1) is 27.7 Å². The molecule has 0 amide bonds. The van der Waals surface area contributed by atoms with Crippen molar-refractivity contribution < 1.29 is 158 Å². The first-order chi connectivity index (χ1) is 29.8. The van der Waals surface area contributed by atoms with Crippen LogP contribution in [0.5, 0.6) is 0 Å². The van der Waals surface area contributed by atoms with Crippen LogP contribution in [-0.2, 0) is 98.7 Å². The number of benzene rings is 4. The van der Waals surface area contributed by atoms with E-state index in [1.807, 2.05) is 0 Å². The maximum Gasteiger partial charge on any atom is 2.00 e. The first kappa shape index (κ1) is 86.5. The Morgan fingerprint density at radius 2 is 0.386 bits per heavy atom. The molecule has 0 saturated heterocycles. The largest absolute Gasteiger partial charge is 2.00 e. The minimum absolute atomic E-state index is 0. The molecule has 0 aromatic heterocycles. The van der Waals surface area contributed by atoms with Gasteiger partial charge in [-0.2, -0.15) is 0 Å². The summed E-state index contributed by atoms with van der Waals surface area (Å²) >= 11 is 0.